The normalized spacial score (nSPS) is 10.7. The fourth-order valence-corrected chi connectivity index (χ4v) is 3.79. The molecule has 2 aromatic carbocycles. The van der Waals surface area contributed by atoms with Crippen molar-refractivity contribution in [1.29, 1.82) is 0 Å². The van der Waals surface area contributed by atoms with Gasteiger partial charge in [-0.15, -0.1) is 0 Å². The number of aromatic nitrogens is 1. The molecule has 0 saturated heterocycles. The summed E-state index contributed by atoms with van der Waals surface area (Å²) >= 11 is 6.34. The zero-order valence-corrected chi connectivity index (χ0v) is 18.6. The molecule has 0 fully saturated rings. The number of rotatable bonds is 7. The minimum Gasteiger partial charge on any atom is -0.493 e. The predicted octanol–water partition coefficient (Wildman–Crippen LogP) is 4.38. The summed E-state index contributed by atoms with van der Waals surface area (Å²) in [6.07, 6.45) is 1.33. The molecule has 1 heterocycles. The monoisotopic (exact) mass is 441 g/mol. The summed E-state index contributed by atoms with van der Waals surface area (Å²) in [6, 6.07) is 8.54. The Hall–Kier alpha value is -3.32. The molecular weight excluding hydrogens is 418 g/mol. The van der Waals surface area contributed by atoms with E-state index in [0.29, 0.717) is 46.0 Å². The van der Waals surface area contributed by atoms with E-state index in [1.807, 2.05) is 26.0 Å². The molecular formula is C23H24ClN3O4. The molecule has 8 heteroatoms. The Morgan fingerprint density at radius 2 is 1.74 bits per heavy atom. The fraction of sp³-hybridized carbons (Fsp3) is 0.261. The maximum atomic E-state index is 13.2. The van der Waals surface area contributed by atoms with Gasteiger partial charge in [-0.05, 0) is 42.2 Å². The van der Waals surface area contributed by atoms with Crippen molar-refractivity contribution in [3.05, 3.63) is 57.7 Å². The zero-order chi connectivity index (χ0) is 22.7. The van der Waals surface area contributed by atoms with Gasteiger partial charge in [0.2, 0.25) is 0 Å². The molecule has 3 aromatic rings. The molecule has 0 saturated carbocycles. The van der Waals surface area contributed by atoms with Crippen molar-refractivity contribution in [3.63, 3.8) is 0 Å². The van der Waals surface area contributed by atoms with E-state index in [-0.39, 0.29) is 11.3 Å². The molecule has 0 aliphatic rings. The maximum Gasteiger partial charge on any atom is 0.275 e. The van der Waals surface area contributed by atoms with Crippen LogP contribution in [0.25, 0.3) is 10.9 Å². The molecule has 0 atom stereocenters. The third-order valence-electron chi connectivity index (χ3n) is 5.12. The number of anilines is 1. The number of pyridine rings is 1. The van der Waals surface area contributed by atoms with Crippen molar-refractivity contribution >= 4 is 40.0 Å². The number of methoxy groups -OCH3 is 2. The third kappa shape index (κ3) is 4.27. The van der Waals surface area contributed by atoms with Gasteiger partial charge in [0.15, 0.2) is 11.5 Å². The SMILES string of the molecule is CCc1ccc(Cl)c(CC)c1NC(=O)c1nc2cc(OC)c(OC)cc2cc1C(N)=O. The Morgan fingerprint density at radius 1 is 1.06 bits per heavy atom. The highest BCUT2D eigenvalue weighted by Gasteiger charge is 2.22. The number of nitrogens with two attached hydrogens (primary N) is 1. The number of halogens is 1. The van der Waals surface area contributed by atoms with Crippen molar-refractivity contribution in [2.45, 2.75) is 26.7 Å². The van der Waals surface area contributed by atoms with Crippen molar-refractivity contribution in [1.82, 2.24) is 4.98 Å². The summed E-state index contributed by atoms with van der Waals surface area (Å²) in [6.45, 7) is 3.94. The van der Waals surface area contributed by atoms with Crippen molar-refractivity contribution < 1.29 is 19.1 Å². The van der Waals surface area contributed by atoms with Crippen LogP contribution in [0.3, 0.4) is 0 Å². The molecule has 3 rings (SSSR count). The van der Waals surface area contributed by atoms with Gasteiger partial charge in [0, 0.05) is 22.2 Å². The van der Waals surface area contributed by atoms with Gasteiger partial charge in [0.1, 0.15) is 5.69 Å². The highest BCUT2D eigenvalue weighted by atomic mass is 35.5. The van der Waals surface area contributed by atoms with Gasteiger partial charge in [-0.2, -0.15) is 0 Å². The van der Waals surface area contributed by atoms with Gasteiger partial charge < -0.3 is 20.5 Å². The first-order valence-electron chi connectivity index (χ1n) is 9.82. The highest BCUT2D eigenvalue weighted by Crippen LogP contribution is 2.33. The molecule has 7 nitrogen and oxygen atoms in total. The number of carbonyl (C=O) groups is 2. The lowest BCUT2D eigenvalue weighted by Crippen LogP contribution is -2.23. The van der Waals surface area contributed by atoms with E-state index in [0.717, 1.165) is 11.1 Å². The number of amides is 2. The van der Waals surface area contributed by atoms with Gasteiger partial charge >= 0.3 is 0 Å². The van der Waals surface area contributed by atoms with Crippen LogP contribution in [-0.2, 0) is 12.8 Å². The smallest absolute Gasteiger partial charge is 0.275 e. The number of carbonyl (C=O) groups excluding carboxylic acids is 2. The van der Waals surface area contributed by atoms with Crippen LogP contribution in [0.2, 0.25) is 5.02 Å². The van der Waals surface area contributed by atoms with Crippen LogP contribution in [0.15, 0.2) is 30.3 Å². The first kappa shape index (κ1) is 22.4. The number of hydrogen-bond donors (Lipinski definition) is 2. The van der Waals surface area contributed by atoms with Crippen LogP contribution in [0.1, 0.15) is 45.8 Å². The van der Waals surface area contributed by atoms with E-state index in [4.69, 9.17) is 26.8 Å². The summed E-state index contributed by atoms with van der Waals surface area (Å²) in [5.41, 5.74) is 8.35. The lowest BCUT2D eigenvalue weighted by atomic mass is 10.0. The van der Waals surface area contributed by atoms with E-state index < -0.39 is 11.8 Å². The molecule has 31 heavy (non-hydrogen) atoms. The standard InChI is InChI=1S/C23H24ClN3O4/c1-5-12-7-8-16(24)14(6-2)20(12)27-23(29)21-15(22(25)28)9-13-10-18(30-3)19(31-4)11-17(13)26-21/h7-11H,5-6H2,1-4H3,(H2,25,28)(H,27,29). The fourth-order valence-electron chi connectivity index (χ4n) is 3.50. The molecule has 0 unspecified atom stereocenters. The molecule has 1 aromatic heterocycles. The molecule has 0 aliphatic heterocycles. The highest BCUT2D eigenvalue weighted by molar-refractivity contribution is 6.32. The number of aryl methyl sites for hydroxylation is 1. The number of nitrogens with one attached hydrogen (secondary N) is 1. The Kier molecular flexibility index (Phi) is 6.65. The minimum atomic E-state index is -0.758. The number of primary amides is 1. The van der Waals surface area contributed by atoms with E-state index in [1.54, 1.807) is 12.1 Å². The lowest BCUT2D eigenvalue weighted by Gasteiger charge is -2.17. The third-order valence-corrected chi connectivity index (χ3v) is 5.47. The van der Waals surface area contributed by atoms with Crippen molar-refractivity contribution in [2.24, 2.45) is 5.73 Å². The first-order valence-corrected chi connectivity index (χ1v) is 10.2. The number of nitrogens with zero attached hydrogens (tertiary/aromatic N) is 1. The lowest BCUT2D eigenvalue weighted by molar-refractivity contribution is 0.0974. The second-order valence-electron chi connectivity index (χ2n) is 6.87. The van der Waals surface area contributed by atoms with Crippen molar-refractivity contribution in [2.75, 3.05) is 19.5 Å². The zero-order valence-electron chi connectivity index (χ0n) is 17.8. The van der Waals surface area contributed by atoms with Gasteiger partial charge in [-0.1, -0.05) is 31.5 Å². The van der Waals surface area contributed by atoms with E-state index in [1.165, 1.54) is 20.3 Å². The molecule has 162 valence electrons. The number of benzene rings is 2. The predicted molar refractivity (Wildman–Crippen MR) is 122 cm³/mol. The first-order chi connectivity index (χ1) is 14.8. The minimum absolute atomic E-state index is 0.00958. The number of fused-ring (bicyclic) bond motifs is 1. The van der Waals surface area contributed by atoms with Crippen LogP contribution in [0, 0.1) is 0 Å². The Balaban J connectivity index is 2.16. The topological polar surface area (TPSA) is 104 Å². The van der Waals surface area contributed by atoms with Crippen LogP contribution in [-0.4, -0.2) is 31.0 Å². The Morgan fingerprint density at radius 3 is 2.32 bits per heavy atom. The van der Waals surface area contributed by atoms with Gasteiger partial charge in [-0.3, -0.25) is 9.59 Å². The van der Waals surface area contributed by atoms with Crippen LogP contribution in [0.4, 0.5) is 5.69 Å². The number of hydrogen-bond acceptors (Lipinski definition) is 5. The van der Waals surface area contributed by atoms with E-state index in [9.17, 15) is 9.59 Å². The van der Waals surface area contributed by atoms with Crippen LogP contribution in [0.5, 0.6) is 11.5 Å². The average Bonchev–Trinajstić information content (AvgIpc) is 2.77. The summed E-state index contributed by atoms with van der Waals surface area (Å²) in [7, 11) is 3.02. The van der Waals surface area contributed by atoms with Crippen LogP contribution < -0.4 is 20.5 Å². The quantitative estimate of drug-likeness (QED) is 0.566. The Labute approximate surface area is 185 Å². The second kappa shape index (κ2) is 9.22. The summed E-state index contributed by atoms with van der Waals surface area (Å²) in [4.78, 5) is 29.8. The molecule has 0 spiro atoms. The summed E-state index contributed by atoms with van der Waals surface area (Å²) < 4.78 is 10.6. The van der Waals surface area contributed by atoms with Crippen molar-refractivity contribution in [3.8, 4) is 11.5 Å². The largest absolute Gasteiger partial charge is 0.493 e. The maximum absolute atomic E-state index is 13.2. The average molecular weight is 442 g/mol. The van der Waals surface area contributed by atoms with Gasteiger partial charge in [0.05, 0.1) is 25.3 Å². The molecule has 3 N–H and O–H groups in total. The van der Waals surface area contributed by atoms with E-state index in [2.05, 4.69) is 10.3 Å². The number of ether oxygens (including phenoxy) is 2. The summed E-state index contributed by atoms with van der Waals surface area (Å²) in [5, 5.41) is 4.05. The summed E-state index contributed by atoms with van der Waals surface area (Å²) in [5.74, 6) is -0.371. The molecule has 0 bridgehead atoms. The van der Waals surface area contributed by atoms with Crippen LogP contribution >= 0.6 is 11.6 Å². The second-order valence-corrected chi connectivity index (χ2v) is 7.28. The molecule has 2 amide bonds. The molecule has 0 radical (unpaired) electrons. The molecule has 0 aliphatic carbocycles. The van der Waals surface area contributed by atoms with Gasteiger partial charge in [0.25, 0.3) is 11.8 Å². The Bertz CT molecular complexity index is 1180. The van der Waals surface area contributed by atoms with Gasteiger partial charge in [-0.25, -0.2) is 4.98 Å². The van der Waals surface area contributed by atoms with E-state index >= 15 is 0 Å².